The third-order valence-corrected chi connectivity index (χ3v) is 5.01. The number of nitrogens with zero attached hydrogens (tertiary/aromatic N) is 3. The maximum Gasteiger partial charge on any atom is 0.233 e. The van der Waals surface area contributed by atoms with Gasteiger partial charge < -0.3 is 20.3 Å². The number of carbonyl (C=O) groups excluding carboxylic acids is 2. The van der Waals surface area contributed by atoms with Gasteiger partial charge in [0.25, 0.3) is 0 Å². The first-order valence-corrected chi connectivity index (χ1v) is 8.56. The Morgan fingerprint density at radius 1 is 1.42 bits per heavy atom. The van der Waals surface area contributed by atoms with Gasteiger partial charge in [-0.15, -0.1) is 0 Å². The predicted molar refractivity (Wildman–Crippen MR) is 94.0 cm³/mol. The molecule has 0 spiro atoms. The number of hydrogen-bond acceptors (Lipinski definition) is 8. The Hall–Kier alpha value is -1.92. The van der Waals surface area contributed by atoms with Gasteiger partial charge in [0, 0.05) is 13.8 Å². The van der Waals surface area contributed by atoms with E-state index < -0.39 is 42.0 Å². The SMILES string of the molecule is CC[C@H]1O[C@@H](n2cnc3c2N(C(C)=O)C(N)(C(C)=O)NC3=S)C(O)C1O. The Morgan fingerprint density at radius 2 is 2.08 bits per heavy atom. The lowest BCUT2D eigenvalue weighted by atomic mass is 10.1. The van der Waals surface area contributed by atoms with Gasteiger partial charge in [-0.25, -0.2) is 4.98 Å². The highest BCUT2D eigenvalue weighted by Gasteiger charge is 2.51. The number of hydrogen-bond donors (Lipinski definition) is 4. The third kappa shape index (κ3) is 2.55. The molecule has 11 heteroatoms. The molecule has 5 N–H and O–H groups in total. The molecule has 3 unspecified atom stereocenters. The number of anilines is 1. The van der Waals surface area contributed by atoms with Crippen molar-refractivity contribution in [3.8, 4) is 0 Å². The van der Waals surface area contributed by atoms with Crippen molar-refractivity contribution < 1.29 is 24.5 Å². The number of Topliss-reactive ketones (excluding diaryl/α,β-unsaturated/α-hetero) is 1. The second-order valence-corrected chi connectivity index (χ2v) is 6.82. The zero-order valence-corrected chi connectivity index (χ0v) is 15.4. The molecule has 1 aromatic rings. The molecule has 2 aliphatic heterocycles. The lowest BCUT2D eigenvalue weighted by molar-refractivity contribution is -0.127. The number of aliphatic hydroxyl groups excluding tert-OH is 2. The van der Waals surface area contributed by atoms with Crippen LogP contribution < -0.4 is 16.0 Å². The minimum Gasteiger partial charge on any atom is -0.388 e. The molecule has 142 valence electrons. The smallest absolute Gasteiger partial charge is 0.233 e. The first kappa shape index (κ1) is 18.9. The van der Waals surface area contributed by atoms with Crippen molar-refractivity contribution in [2.75, 3.05) is 4.90 Å². The average Bonchev–Trinajstić information content (AvgIpc) is 3.10. The van der Waals surface area contributed by atoms with E-state index in [2.05, 4.69) is 10.3 Å². The van der Waals surface area contributed by atoms with Crippen molar-refractivity contribution >= 4 is 34.7 Å². The summed E-state index contributed by atoms with van der Waals surface area (Å²) in [4.78, 5) is 29.8. The van der Waals surface area contributed by atoms with Crippen LogP contribution in [0.15, 0.2) is 6.33 Å². The highest BCUT2D eigenvalue weighted by Crippen LogP contribution is 2.38. The molecule has 5 atom stereocenters. The van der Waals surface area contributed by atoms with Gasteiger partial charge in [-0.2, -0.15) is 0 Å². The number of ketones is 1. The minimum absolute atomic E-state index is 0.0917. The van der Waals surface area contributed by atoms with E-state index in [4.69, 9.17) is 22.7 Å². The van der Waals surface area contributed by atoms with Crippen molar-refractivity contribution in [1.82, 2.24) is 14.9 Å². The fourth-order valence-corrected chi connectivity index (χ4v) is 3.62. The number of nitrogens with one attached hydrogen (secondary N) is 1. The summed E-state index contributed by atoms with van der Waals surface area (Å²) in [6.45, 7) is 4.29. The molecular weight excluding hydrogens is 362 g/mol. The molecule has 1 aromatic heterocycles. The van der Waals surface area contributed by atoms with E-state index in [0.717, 1.165) is 4.90 Å². The van der Waals surface area contributed by atoms with Crippen LogP contribution in [0.25, 0.3) is 0 Å². The average molecular weight is 383 g/mol. The number of aliphatic hydroxyl groups is 2. The maximum absolute atomic E-state index is 12.3. The van der Waals surface area contributed by atoms with E-state index in [-0.39, 0.29) is 16.5 Å². The van der Waals surface area contributed by atoms with E-state index in [9.17, 15) is 19.8 Å². The zero-order valence-electron chi connectivity index (χ0n) is 14.5. The summed E-state index contributed by atoms with van der Waals surface area (Å²) < 4.78 is 7.11. The van der Waals surface area contributed by atoms with E-state index in [1.807, 2.05) is 6.92 Å². The van der Waals surface area contributed by atoms with Crippen molar-refractivity contribution in [3.63, 3.8) is 0 Å². The highest BCUT2D eigenvalue weighted by atomic mass is 32.1. The third-order valence-electron chi connectivity index (χ3n) is 4.72. The topological polar surface area (TPSA) is 143 Å². The number of imidazole rings is 1. The Morgan fingerprint density at radius 3 is 2.58 bits per heavy atom. The number of carbonyl (C=O) groups is 2. The van der Waals surface area contributed by atoms with Crippen LogP contribution in [0.1, 0.15) is 39.1 Å². The van der Waals surface area contributed by atoms with Crippen molar-refractivity contribution in [1.29, 1.82) is 0 Å². The molecule has 1 saturated heterocycles. The molecule has 0 saturated carbocycles. The number of rotatable bonds is 3. The summed E-state index contributed by atoms with van der Waals surface area (Å²) in [7, 11) is 0. The number of thiocarbonyl (C=S) groups is 1. The van der Waals surface area contributed by atoms with Gasteiger partial charge in [-0.1, -0.05) is 19.1 Å². The van der Waals surface area contributed by atoms with Crippen molar-refractivity contribution in [2.45, 2.75) is 57.5 Å². The molecular formula is C15H21N5O5S. The lowest BCUT2D eigenvalue weighted by Crippen LogP contribution is -2.75. The Bertz CT molecular complexity index is 782. The van der Waals surface area contributed by atoms with Crippen LogP contribution >= 0.6 is 12.2 Å². The normalized spacial score (nSPS) is 33.8. The van der Waals surface area contributed by atoms with Crippen LogP contribution in [-0.2, 0) is 14.3 Å². The van der Waals surface area contributed by atoms with Gasteiger partial charge in [0.05, 0.1) is 12.4 Å². The monoisotopic (exact) mass is 383 g/mol. The standard InChI is InChI=1S/C15H21N5O5S/c1-4-8-10(23)11(24)14(25-8)19-5-17-9-12(26)18-15(16,6(2)21)20(7(3)22)13(9)19/h5,8,10-11,14,23-24H,4,16H2,1-3H3,(H,18,26)/t8-,10?,11?,14-,15?/m1/s1. The summed E-state index contributed by atoms with van der Waals surface area (Å²) in [5.74, 6) is -2.82. The van der Waals surface area contributed by atoms with E-state index >= 15 is 0 Å². The summed E-state index contributed by atoms with van der Waals surface area (Å²) in [5.41, 5.74) is 6.38. The van der Waals surface area contributed by atoms with E-state index in [1.165, 1.54) is 24.7 Å². The van der Waals surface area contributed by atoms with Crippen molar-refractivity contribution in [2.24, 2.45) is 5.73 Å². The number of amides is 1. The van der Waals surface area contributed by atoms with Crippen molar-refractivity contribution in [3.05, 3.63) is 12.0 Å². The van der Waals surface area contributed by atoms with Crippen LogP contribution in [0.3, 0.4) is 0 Å². The first-order valence-electron chi connectivity index (χ1n) is 8.15. The second kappa shape index (κ2) is 6.35. The summed E-state index contributed by atoms with van der Waals surface area (Å²) >= 11 is 5.25. The molecule has 0 aromatic carbocycles. The number of ether oxygens (including phenoxy) is 1. The lowest BCUT2D eigenvalue weighted by Gasteiger charge is -2.43. The number of nitrogens with two attached hydrogens (primary N) is 1. The van der Waals surface area contributed by atoms with Gasteiger partial charge in [0.2, 0.25) is 11.7 Å². The fourth-order valence-electron chi connectivity index (χ4n) is 3.32. The van der Waals surface area contributed by atoms with Crippen LogP contribution in [0, 0.1) is 0 Å². The molecule has 3 heterocycles. The summed E-state index contributed by atoms with van der Waals surface area (Å²) in [5, 5.41) is 23.2. The minimum atomic E-state index is -1.89. The van der Waals surface area contributed by atoms with Crippen LogP contribution in [0.5, 0.6) is 0 Å². The summed E-state index contributed by atoms with van der Waals surface area (Å²) in [6.07, 6.45) is -2.12. The van der Waals surface area contributed by atoms with Gasteiger partial charge in [0.1, 0.15) is 22.9 Å². The molecule has 3 rings (SSSR count). The van der Waals surface area contributed by atoms with Crippen LogP contribution in [-0.4, -0.2) is 60.5 Å². The van der Waals surface area contributed by atoms with Gasteiger partial charge in [0.15, 0.2) is 17.8 Å². The molecule has 1 fully saturated rings. The molecule has 10 nitrogen and oxygen atoms in total. The summed E-state index contributed by atoms with van der Waals surface area (Å²) in [6, 6.07) is 0. The Labute approximate surface area is 154 Å². The quantitative estimate of drug-likeness (QED) is 0.471. The number of fused-ring (bicyclic) bond motifs is 1. The fraction of sp³-hybridized carbons (Fsp3) is 0.600. The molecule has 1 amide bonds. The van der Waals surface area contributed by atoms with E-state index in [1.54, 1.807) is 0 Å². The number of aromatic nitrogens is 2. The molecule has 26 heavy (non-hydrogen) atoms. The van der Waals surface area contributed by atoms with Gasteiger partial charge >= 0.3 is 0 Å². The van der Waals surface area contributed by atoms with E-state index in [0.29, 0.717) is 6.42 Å². The first-order chi connectivity index (χ1) is 12.1. The Kier molecular flexibility index (Phi) is 4.61. The van der Waals surface area contributed by atoms with Gasteiger partial charge in [-0.05, 0) is 6.42 Å². The second-order valence-electron chi connectivity index (χ2n) is 6.41. The molecule has 2 aliphatic rings. The van der Waals surface area contributed by atoms with Crippen LogP contribution in [0.2, 0.25) is 0 Å². The van der Waals surface area contributed by atoms with Gasteiger partial charge in [-0.3, -0.25) is 24.8 Å². The highest BCUT2D eigenvalue weighted by molar-refractivity contribution is 7.80. The Balaban J connectivity index is 2.15. The maximum atomic E-state index is 12.3. The molecule has 0 bridgehead atoms. The zero-order chi connectivity index (χ0) is 19.4. The molecule has 0 radical (unpaired) electrons. The predicted octanol–water partition coefficient (Wildman–Crippen LogP) is -1.25. The largest absolute Gasteiger partial charge is 0.388 e. The van der Waals surface area contributed by atoms with Crippen LogP contribution in [0.4, 0.5) is 5.82 Å². The molecule has 0 aliphatic carbocycles.